The second-order valence-corrected chi connectivity index (χ2v) is 4.72. The summed E-state index contributed by atoms with van der Waals surface area (Å²) < 4.78 is 4.81. The second kappa shape index (κ2) is 6.74. The molecule has 1 amide bonds. The molecule has 5 nitrogen and oxygen atoms in total. The molecular weight excluding hydrogens is 266 g/mol. The van der Waals surface area contributed by atoms with Crippen LogP contribution in [0.2, 0.25) is 0 Å². The van der Waals surface area contributed by atoms with Crippen molar-refractivity contribution in [3.05, 3.63) is 47.7 Å². The van der Waals surface area contributed by atoms with Crippen LogP contribution in [0.3, 0.4) is 0 Å². The zero-order chi connectivity index (χ0) is 15.2. The number of hydrogen-bond donors (Lipinski definition) is 2. The van der Waals surface area contributed by atoms with E-state index in [1.54, 1.807) is 19.2 Å². The van der Waals surface area contributed by atoms with Gasteiger partial charge >= 0.3 is 6.09 Å². The summed E-state index contributed by atoms with van der Waals surface area (Å²) in [6, 6.07) is 9.79. The number of aryl methyl sites for hydroxylation is 2. The molecule has 0 saturated heterocycles. The second-order valence-electron chi connectivity index (χ2n) is 4.72. The molecule has 0 bridgehead atoms. The third-order valence-electron chi connectivity index (χ3n) is 2.94. The Morgan fingerprint density at radius 3 is 2.71 bits per heavy atom. The van der Waals surface area contributed by atoms with Crippen molar-refractivity contribution in [1.29, 1.82) is 0 Å². The van der Waals surface area contributed by atoms with E-state index >= 15 is 0 Å². The Labute approximate surface area is 124 Å². The van der Waals surface area contributed by atoms with E-state index in [9.17, 15) is 4.79 Å². The van der Waals surface area contributed by atoms with Gasteiger partial charge in [0.25, 0.3) is 0 Å². The average molecular weight is 285 g/mol. The van der Waals surface area contributed by atoms with Gasteiger partial charge in [0.1, 0.15) is 5.82 Å². The van der Waals surface area contributed by atoms with E-state index < -0.39 is 6.09 Å². The first kappa shape index (κ1) is 14.8. The van der Waals surface area contributed by atoms with Crippen LogP contribution in [0.15, 0.2) is 36.5 Å². The van der Waals surface area contributed by atoms with Gasteiger partial charge in [-0.1, -0.05) is 12.1 Å². The van der Waals surface area contributed by atoms with E-state index in [1.807, 2.05) is 19.9 Å². The van der Waals surface area contributed by atoms with Gasteiger partial charge in [-0.15, -0.1) is 0 Å². The molecule has 1 aromatic heterocycles. The van der Waals surface area contributed by atoms with Gasteiger partial charge in [0, 0.05) is 5.69 Å². The predicted molar refractivity (Wildman–Crippen MR) is 84.1 cm³/mol. The number of nitrogens with zero attached hydrogens (tertiary/aromatic N) is 1. The first-order valence-corrected chi connectivity index (χ1v) is 6.82. The number of rotatable bonds is 4. The molecule has 0 aliphatic rings. The Morgan fingerprint density at radius 2 is 2.05 bits per heavy atom. The van der Waals surface area contributed by atoms with Crippen LogP contribution in [-0.4, -0.2) is 17.7 Å². The Kier molecular flexibility index (Phi) is 4.77. The number of anilines is 3. The lowest BCUT2D eigenvalue weighted by Crippen LogP contribution is -2.13. The maximum absolute atomic E-state index is 11.3. The zero-order valence-corrected chi connectivity index (χ0v) is 12.4. The fourth-order valence-corrected chi connectivity index (χ4v) is 1.84. The normalized spacial score (nSPS) is 10.0. The van der Waals surface area contributed by atoms with Crippen LogP contribution < -0.4 is 10.6 Å². The van der Waals surface area contributed by atoms with Gasteiger partial charge in [0.15, 0.2) is 0 Å². The standard InChI is InChI=1S/C16H19N3O2/c1-4-21-16(20)18-13-7-8-15(17-10-13)19-14-9-11(2)5-6-12(14)3/h5-10H,4H2,1-3H3,(H,17,19)(H,18,20). The maximum atomic E-state index is 11.3. The summed E-state index contributed by atoms with van der Waals surface area (Å²) in [6.07, 6.45) is 1.11. The van der Waals surface area contributed by atoms with Crippen LogP contribution >= 0.6 is 0 Å². The minimum absolute atomic E-state index is 0.339. The molecule has 0 fully saturated rings. The first-order chi connectivity index (χ1) is 10.1. The van der Waals surface area contributed by atoms with Crippen molar-refractivity contribution in [2.45, 2.75) is 20.8 Å². The van der Waals surface area contributed by atoms with E-state index in [-0.39, 0.29) is 0 Å². The minimum Gasteiger partial charge on any atom is -0.450 e. The van der Waals surface area contributed by atoms with Crippen molar-refractivity contribution in [3.8, 4) is 0 Å². The molecule has 0 aliphatic heterocycles. The molecular formula is C16H19N3O2. The predicted octanol–water partition coefficient (Wildman–Crippen LogP) is 4.01. The van der Waals surface area contributed by atoms with Gasteiger partial charge in [-0.05, 0) is 50.1 Å². The van der Waals surface area contributed by atoms with Crippen molar-refractivity contribution in [2.24, 2.45) is 0 Å². The Bertz CT molecular complexity index is 624. The van der Waals surface area contributed by atoms with Crippen LogP contribution in [0.5, 0.6) is 0 Å². The number of aromatic nitrogens is 1. The lowest BCUT2D eigenvalue weighted by atomic mass is 10.1. The van der Waals surface area contributed by atoms with Crippen molar-refractivity contribution in [1.82, 2.24) is 4.98 Å². The molecule has 0 saturated carbocycles. The van der Waals surface area contributed by atoms with Crippen LogP contribution in [-0.2, 0) is 4.74 Å². The summed E-state index contributed by atoms with van der Waals surface area (Å²) in [5, 5.41) is 5.87. The molecule has 0 spiro atoms. The SMILES string of the molecule is CCOC(=O)Nc1ccc(Nc2cc(C)ccc2C)nc1. The molecule has 2 aromatic rings. The number of amides is 1. The number of benzene rings is 1. The fraction of sp³-hybridized carbons (Fsp3) is 0.250. The van der Waals surface area contributed by atoms with Crippen LogP contribution in [0.25, 0.3) is 0 Å². The lowest BCUT2D eigenvalue weighted by Gasteiger charge is -2.10. The summed E-state index contributed by atoms with van der Waals surface area (Å²) in [5.74, 6) is 0.720. The molecule has 2 N–H and O–H groups in total. The van der Waals surface area contributed by atoms with Crippen LogP contribution in [0, 0.1) is 13.8 Å². The fourth-order valence-electron chi connectivity index (χ4n) is 1.84. The first-order valence-electron chi connectivity index (χ1n) is 6.82. The summed E-state index contributed by atoms with van der Waals surface area (Å²) in [7, 11) is 0. The summed E-state index contributed by atoms with van der Waals surface area (Å²) in [6.45, 7) is 6.18. The van der Waals surface area contributed by atoms with Gasteiger partial charge in [0.05, 0.1) is 18.5 Å². The molecule has 0 radical (unpaired) electrons. The Morgan fingerprint density at radius 1 is 1.24 bits per heavy atom. The van der Waals surface area contributed by atoms with E-state index in [4.69, 9.17) is 4.74 Å². The highest BCUT2D eigenvalue weighted by Gasteiger charge is 2.04. The Hall–Kier alpha value is -2.56. The summed E-state index contributed by atoms with van der Waals surface area (Å²) in [5.41, 5.74) is 3.95. The minimum atomic E-state index is -0.477. The van der Waals surface area contributed by atoms with E-state index in [1.165, 1.54) is 5.56 Å². The highest BCUT2D eigenvalue weighted by molar-refractivity contribution is 5.84. The number of carbonyl (C=O) groups is 1. The average Bonchev–Trinajstić information content (AvgIpc) is 2.45. The third-order valence-corrected chi connectivity index (χ3v) is 2.94. The molecule has 21 heavy (non-hydrogen) atoms. The molecule has 0 atom stereocenters. The quantitative estimate of drug-likeness (QED) is 0.891. The van der Waals surface area contributed by atoms with E-state index in [2.05, 4.69) is 33.8 Å². The summed E-state index contributed by atoms with van der Waals surface area (Å²) >= 11 is 0. The van der Waals surface area contributed by atoms with Crippen molar-refractivity contribution >= 4 is 23.3 Å². The van der Waals surface area contributed by atoms with Crippen LogP contribution in [0.4, 0.5) is 22.0 Å². The van der Waals surface area contributed by atoms with Gasteiger partial charge in [-0.25, -0.2) is 9.78 Å². The molecule has 0 unspecified atom stereocenters. The van der Waals surface area contributed by atoms with E-state index in [0.717, 1.165) is 17.1 Å². The van der Waals surface area contributed by atoms with Gasteiger partial charge in [-0.2, -0.15) is 0 Å². The number of nitrogens with one attached hydrogen (secondary N) is 2. The number of carbonyl (C=O) groups excluding carboxylic acids is 1. The highest BCUT2D eigenvalue weighted by Crippen LogP contribution is 2.21. The van der Waals surface area contributed by atoms with Gasteiger partial charge in [0.2, 0.25) is 0 Å². The molecule has 0 aliphatic carbocycles. The maximum Gasteiger partial charge on any atom is 0.411 e. The molecule has 1 aromatic carbocycles. The van der Waals surface area contributed by atoms with Crippen molar-refractivity contribution < 1.29 is 9.53 Å². The largest absolute Gasteiger partial charge is 0.450 e. The summed E-state index contributed by atoms with van der Waals surface area (Å²) in [4.78, 5) is 15.6. The zero-order valence-electron chi connectivity index (χ0n) is 12.4. The third kappa shape index (κ3) is 4.21. The van der Waals surface area contributed by atoms with Gasteiger partial charge < -0.3 is 10.1 Å². The monoisotopic (exact) mass is 285 g/mol. The van der Waals surface area contributed by atoms with E-state index in [0.29, 0.717) is 12.3 Å². The smallest absolute Gasteiger partial charge is 0.411 e. The molecule has 5 heteroatoms. The Balaban J connectivity index is 2.05. The van der Waals surface area contributed by atoms with Crippen molar-refractivity contribution in [2.75, 3.05) is 17.2 Å². The highest BCUT2D eigenvalue weighted by atomic mass is 16.5. The number of ether oxygens (including phenoxy) is 1. The molecule has 2 rings (SSSR count). The van der Waals surface area contributed by atoms with Crippen molar-refractivity contribution in [3.63, 3.8) is 0 Å². The van der Waals surface area contributed by atoms with Gasteiger partial charge in [-0.3, -0.25) is 5.32 Å². The van der Waals surface area contributed by atoms with Crippen LogP contribution in [0.1, 0.15) is 18.1 Å². The number of pyridine rings is 1. The topological polar surface area (TPSA) is 63.2 Å². The lowest BCUT2D eigenvalue weighted by molar-refractivity contribution is 0.168. The number of hydrogen-bond acceptors (Lipinski definition) is 4. The molecule has 110 valence electrons. The molecule has 1 heterocycles.